The summed E-state index contributed by atoms with van der Waals surface area (Å²) in [7, 11) is 0. The zero-order chi connectivity index (χ0) is 14.2. The molecule has 0 bridgehead atoms. The van der Waals surface area contributed by atoms with Crippen LogP contribution in [-0.2, 0) is 13.0 Å². The highest BCUT2D eigenvalue weighted by Gasteiger charge is 2.27. The van der Waals surface area contributed by atoms with Crippen LogP contribution in [0.25, 0.3) is 0 Å². The molecule has 4 rings (SSSR count). The number of anilines is 1. The van der Waals surface area contributed by atoms with Crippen molar-refractivity contribution in [1.29, 1.82) is 0 Å². The van der Waals surface area contributed by atoms with Crippen LogP contribution in [0, 0.1) is 0 Å². The Morgan fingerprint density at radius 3 is 3.14 bits per heavy atom. The zero-order valence-corrected chi connectivity index (χ0v) is 13.2. The summed E-state index contributed by atoms with van der Waals surface area (Å²) in [5.41, 5.74) is 4.17. The first kappa shape index (κ1) is 13.3. The fraction of sp³-hybridized carbons (Fsp3) is 0.471. The van der Waals surface area contributed by atoms with Crippen LogP contribution in [0.1, 0.15) is 41.8 Å². The van der Waals surface area contributed by atoms with E-state index in [1.807, 2.05) is 23.7 Å². The van der Waals surface area contributed by atoms with Gasteiger partial charge in [-0.3, -0.25) is 4.98 Å². The SMILES string of the molecule is CC1c2ccsc2CCN1c1cnccc1CNC1CC1. The minimum atomic E-state index is 0.448. The van der Waals surface area contributed by atoms with E-state index < -0.39 is 0 Å². The van der Waals surface area contributed by atoms with Crippen molar-refractivity contribution >= 4 is 17.0 Å². The minimum absolute atomic E-state index is 0.448. The molecule has 3 nitrogen and oxygen atoms in total. The molecule has 2 aromatic heterocycles. The third-order valence-corrected chi connectivity index (χ3v) is 5.63. The molecule has 21 heavy (non-hydrogen) atoms. The number of aromatic nitrogens is 1. The van der Waals surface area contributed by atoms with Crippen LogP contribution in [-0.4, -0.2) is 17.6 Å². The molecule has 0 amide bonds. The predicted molar refractivity (Wildman–Crippen MR) is 87.9 cm³/mol. The largest absolute Gasteiger partial charge is 0.363 e. The van der Waals surface area contributed by atoms with Gasteiger partial charge in [0.1, 0.15) is 0 Å². The van der Waals surface area contributed by atoms with E-state index >= 15 is 0 Å². The molecular formula is C17H21N3S. The van der Waals surface area contributed by atoms with Crippen LogP contribution < -0.4 is 10.2 Å². The minimum Gasteiger partial charge on any atom is -0.363 e. The van der Waals surface area contributed by atoms with Gasteiger partial charge in [-0.15, -0.1) is 11.3 Å². The number of fused-ring (bicyclic) bond motifs is 1. The van der Waals surface area contributed by atoms with Gasteiger partial charge in [-0.1, -0.05) is 0 Å². The Bertz CT molecular complexity index is 632. The van der Waals surface area contributed by atoms with Crippen molar-refractivity contribution in [2.24, 2.45) is 0 Å². The maximum atomic E-state index is 4.37. The number of nitrogens with zero attached hydrogens (tertiary/aromatic N) is 2. The van der Waals surface area contributed by atoms with Gasteiger partial charge in [-0.05, 0) is 54.8 Å². The Hall–Kier alpha value is -1.39. The van der Waals surface area contributed by atoms with Crippen molar-refractivity contribution in [3.8, 4) is 0 Å². The van der Waals surface area contributed by atoms with Crippen LogP contribution >= 0.6 is 11.3 Å². The molecule has 1 aliphatic heterocycles. The topological polar surface area (TPSA) is 28.2 Å². The van der Waals surface area contributed by atoms with E-state index in [0.717, 1.165) is 25.6 Å². The molecule has 0 saturated heterocycles. The van der Waals surface area contributed by atoms with Crippen molar-refractivity contribution in [3.05, 3.63) is 45.9 Å². The van der Waals surface area contributed by atoms with Gasteiger partial charge in [-0.2, -0.15) is 0 Å². The lowest BCUT2D eigenvalue weighted by atomic mass is 10.00. The monoisotopic (exact) mass is 299 g/mol. The Morgan fingerprint density at radius 1 is 1.38 bits per heavy atom. The first-order chi connectivity index (χ1) is 10.3. The maximum Gasteiger partial charge on any atom is 0.0603 e. The lowest BCUT2D eigenvalue weighted by molar-refractivity contribution is 0.621. The van der Waals surface area contributed by atoms with Crippen molar-refractivity contribution in [2.45, 2.75) is 44.8 Å². The van der Waals surface area contributed by atoms with E-state index in [1.165, 1.54) is 29.7 Å². The summed E-state index contributed by atoms with van der Waals surface area (Å²) >= 11 is 1.90. The normalized spacial score (nSPS) is 21.4. The number of pyridine rings is 1. The number of nitrogens with one attached hydrogen (secondary N) is 1. The van der Waals surface area contributed by atoms with Gasteiger partial charge >= 0.3 is 0 Å². The van der Waals surface area contributed by atoms with Gasteiger partial charge in [0.05, 0.1) is 17.9 Å². The summed E-state index contributed by atoms with van der Waals surface area (Å²) in [4.78, 5) is 8.45. The molecular weight excluding hydrogens is 278 g/mol. The molecule has 1 unspecified atom stereocenters. The first-order valence-corrected chi connectivity index (χ1v) is 8.70. The zero-order valence-electron chi connectivity index (χ0n) is 12.4. The van der Waals surface area contributed by atoms with E-state index in [-0.39, 0.29) is 0 Å². The first-order valence-electron chi connectivity index (χ1n) is 7.82. The molecule has 3 heterocycles. The predicted octanol–water partition coefficient (Wildman–Crippen LogP) is 3.52. The molecule has 4 heteroatoms. The van der Waals surface area contributed by atoms with E-state index in [1.54, 1.807) is 4.88 Å². The summed E-state index contributed by atoms with van der Waals surface area (Å²) in [6.45, 7) is 4.37. The highest BCUT2D eigenvalue weighted by atomic mass is 32.1. The molecule has 1 atom stereocenters. The molecule has 110 valence electrons. The average molecular weight is 299 g/mol. The van der Waals surface area contributed by atoms with Gasteiger partial charge in [0.25, 0.3) is 0 Å². The van der Waals surface area contributed by atoms with Crippen molar-refractivity contribution in [3.63, 3.8) is 0 Å². The molecule has 1 fully saturated rings. The molecule has 1 saturated carbocycles. The summed E-state index contributed by atoms with van der Waals surface area (Å²) in [5.74, 6) is 0. The van der Waals surface area contributed by atoms with E-state index in [9.17, 15) is 0 Å². The quantitative estimate of drug-likeness (QED) is 0.936. The molecule has 2 aromatic rings. The second kappa shape index (κ2) is 5.43. The highest BCUT2D eigenvalue weighted by molar-refractivity contribution is 7.10. The number of hydrogen-bond acceptors (Lipinski definition) is 4. The van der Waals surface area contributed by atoms with E-state index in [0.29, 0.717) is 6.04 Å². The molecule has 0 aromatic carbocycles. The second-order valence-corrected chi connectivity index (χ2v) is 7.08. The second-order valence-electron chi connectivity index (χ2n) is 6.08. The van der Waals surface area contributed by atoms with Crippen LogP contribution in [0.15, 0.2) is 29.9 Å². The molecule has 0 radical (unpaired) electrons. The number of hydrogen-bond donors (Lipinski definition) is 1. The van der Waals surface area contributed by atoms with Gasteiger partial charge in [0.2, 0.25) is 0 Å². The molecule has 1 aliphatic carbocycles. The van der Waals surface area contributed by atoms with Crippen molar-refractivity contribution < 1.29 is 0 Å². The standard InChI is InChI=1S/C17H21N3S/c1-12-15-6-9-21-17(15)5-8-20(12)16-11-18-7-4-13(16)10-19-14-2-3-14/h4,6-7,9,11-12,14,19H,2-3,5,8,10H2,1H3. The fourth-order valence-electron chi connectivity index (χ4n) is 3.20. The Labute approximate surface area is 130 Å². The number of thiophene rings is 1. The van der Waals surface area contributed by atoms with Gasteiger partial charge < -0.3 is 10.2 Å². The number of rotatable bonds is 4. The van der Waals surface area contributed by atoms with Crippen LogP contribution in [0.3, 0.4) is 0 Å². The van der Waals surface area contributed by atoms with Crippen molar-refractivity contribution in [2.75, 3.05) is 11.4 Å². The molecule has 1 N–H and O–H groups in total. The average Bonchev–Trinajstić information content (AvgIpc) is 3.21. The van der Waals surface area contributed by atoms with Crippen molar-refractivity contribution in [1.82, 2.24) is 10.3 Å². The smallest absolute Gasteiger partial charge is 0.0603 e. The maximum absolute atomic E-state index is 4.37. The summed E-state index contributed by atoms with van der Waals surface area (Å²) in [5, 5.41) is 5.85. The van der Waals surface area contributed by atoms with Gasteiger partial charge in [0, 0.05) is 30.2 Å². The lowest BCUT2D eigenvalue weighted by Crippen LogP contribution is -2.34. The molecule has 0 spiro atoms. The fourth-order valence-corrected chi connectivity index (χ4v) is 4.17. The Kier molecular flexibility index (Phi) is 3.43. The van der Waals surface area contributed by atoms with E-state index in [2.05, 4.69) is 39.6 Å². The summed E-state index contributed by atoms with van der Waals surface area (Å²) in [6.07, 6.45) is 7.77. The Morgan fingerprint density at radius 2 is 2.29 bits per heavy atom. The van der Waals surface area contributed by atoms with Crippen LogP contribution in [0.4, 0.5) is 5.69 Å². The molecule has 2 aliphatic rings. The highest BCUT2D eigenvalue weighted by Crippen LogP contribution is 2.37. The summed E-state index contributed by atoms with van der Waals surface area (Å²) < 4.78 is 0. The Balaban J connectivity index is 1.60. The van der Waals surface area contributed by atoms with E-state index in [4.69, 9.17) is 0 Å². The van der Waals surface area contributed by atoms with Crippen LogP contribution in [0.5, 0.6) is 0 Å². The van der Waals surface area contributed by atoms with Crippen LogP contribution in [0.2, 0.25) is 0 Å². The third-order valence-electron chi connectivity index (χ3n) is 4.63. The van der Waals surface area contributed by atoms with Gasteiger partial charge in [-0.25, -0.2) is 0 Å². The lowest BCUT2D eigenvalue weighted by Gasteiger charge is -2.36. The third kappa shape index (κ3) is 2.58. The summed E-state index contributed by atoms with van der Waals surface area (Å²) in [6, 6.07) is 5.65. The van der Waals surface area contributed by atoms with Gasteiger partial charge in [0.15, 0.2) is 0 Å².